The minimum Gasteiger partial charge on any atom is -0.314 e. The first-order valence-electron chi connectivity index (χ1n) is 7.45. The lowest BCUT2D eigenvalue weighted by molar-refractivity contribution is 0.0963. The van der Waals surface area contributed by atoms with Gasteiger partial charge in [0, 0.05) is 18.0 Å². The molecule has 1 atom stereocenters. The zero-order chi connectivity index (χ0) is 13.8. The van der Waals surface area contributed by atoms with Crippen LogP contribution in [0.25, 0.3) is 0 Å². The van der Waals surface area contributed by atoms with Crippen molar-refractivity contribution in [2.45, 2.75) is 58.4 Å². The molecule has 1 saturated heterocycles. The Morgan fingerprint density at radius 1 is 1.37 bits per heavy atom. The van der Waals surface area contributed by atoms with Gasteiger partial charge < -0.3 is 5.32 Å². The maximum Gasteiger partial charge on any atom is 0.164 e. The van der Waals surface area contributed by atoms with Gasteiger partial charge in [-0.25, -0.2) is 0 Å². The highest BCUT2D eigenvalue weighted by Gasteiger charge is 2.19. The van der Waals surface area contributed by atoms with E-state index in [0.717, 1.165) is 24.1 Å². The first-order valence-corrected chi connectivity index (χ1v) is 7.45. The number of Topliss-reactive ketones (excluding diaryl/α,β-unsaturated/α-hetero) is 1. The van der Waals surface area contributed by atoms with Gasteiger partial charge >= 0.3 is 0 Å². The number of nitrogens with one attached hydrogen (secondary N) is 1. The molecular weight excluding hydrogens is 234 g/mol. The average Bonchev–Trinajstić information content (AvgIpc) is 2.40. The summed E-state index contributed by atoms with van der Waals surface area (Å²) in [6.07, 6.45) is 4.26. The van der Waals surface area contributed by atoms with Gasteiger partial charge in [0.05, 0.1) is 0 Å². The highest BCUT2D eigenvalue weighted by molar-refractivity contribution is 5.98. The minimum absolute atomic E-state index is 0.291. The van der Waals surface area contributed by atoms with Crippen LogP contribution in [0.5, 0.6) is 0 Å². The number of benzene rings is 1. The predicted octanol–water partition coefficient (Wildman–Crippen LogP) is 3.83. The van der Waals surface area contributed by atoms with Crippen molar-refractivity contribution in [2.75, 3.05) is 6.54 Å². The van der Waals surface area contributed by atoms with Crippen molar-refractivity contribution in [1.29, 1.82) is 0 Å². The van der Waals surface area contributed by atoms with Gasteiger partial charge in [0.2, 0.25) is 0 Å². The molecule has 19 heavy (non-hydrogen) atoms. The Hall–Kier alpha value is -1.15. The fourth-order valence-corrected chi connectivity index (χ4v) is 2.73. The van der Waals surface area contributed by atoms with Crippen molar-refractivity contribution in [3.63, 3.8) is 0 Å². The summed E-state index contributed by atoms with van der Waals surface area (Å²) in [6.45, 7) is 7.43. The van der Waals surface area contributed by atoms with E-state index in [-0.39, 0.29) is 0 Å². The molecule has 1 aromatic rings. The number of rotatable bonds is 4. The van der Waals surface area contributed by atoms with E-state index >= 15 is 0 Å². The fraction of sp³-hybridized carbons (Fsp3) is 0.588. The first kappa shape index (κ1) is 14.3. The van der Waals surface area contributed by atoms with Crippen molar-refractivity contribution in [3.8, 4) is 0 Å². The molecule has 2 rings (SSSR count). The highest BCUT2D eigenvalue weighted by atomic mass is 16.1. The minimum atomic E-state index is 0.291. The van der Waals surface area contributed by atoms with Gasteiger partial charge in [0.1, 0.15) is 0 Å². The van der Waals surface area contributed by atoms with E-state index in [9.17, 15) is 4.79 Å². The molecule has 1 N–H and O–H groups in total. The van der Waals surface area contributed by atoms with Crippen LogP contribution in [-0.2, 0) is 0 Å². The topological polar surface area (TPSA) is 29.1 Å². The smallest absolute Gasteiger partial charge is 0.164 e. The van der Waals surface area contributed by atoms with E-state index in [1.54, 1.807) is 0 Å². The molecule has 0 bridgehead atoms. The van der Waals surface area contributed by atoms with E-state index < -0.39 is 0 Å². The number of hydrogen-bond donors (Lipinski definition) is 1. The van der Waals surface area contributed by atoms with Gasteiger partial charge in [-0.15, -0.1) is 0 Å². The summed E-state index contributed by atoms with van der Waals surface area (Å²) in [6, 6.07) is 6.68. The molecule has 2 nitrogen and oxygen atoms in total. The SMILES string of the molecule is Cc1ccc(C(C)C)cc1C(=O)CC1CCCCN1. The van der Waals surface area contributed by atoms with Crippen LogP contribution in [-0.4, -0.2) is 18.4 Å². The number of carbonyl (C=O) groups excluding carboxylic acids is 1. The van der Waals surface area contributed by atoms with E-state index in [1.807, 2.05) is 6.92 Å². The molecule has 1 aliphatic heterocycles. The quantitative estimate of drug-likeness (QED) is 0.833. The molecule has 0 spiro atoms. The third kappa shape index (κ3) is 3.66. The van der Waals surface area contributed by atoms with Gasteiger partial charge in [-0.2, -0.15) is 0 Å². The maximum atomic E-state index is 12.5. The van der Waals surface area contributed by atoms with Crippen molar-refractivity contribution < 1.29 is 4.79 Å². The van der Waals surface area contributed by atoms with Gasteiger partial charge in [0.15, 0.2) is 5.78 Å². The number of ketones is 1. The first-order chi connectivity index (χ1) is 9.08. The molecule has 104 valence electrons. The number of carbonyl (C=O) groups is 1. The monoisotopic (exact) mass is 259 g/mol. The van der Waals surface area contributed by atoms with Crippen LogP contribution in [0.2, 0.25) is 0 Å². The lowest BCUT2D eigenvalue weighted by atomic mass is 9.92. The molecule has 0 aromatic heterocycles. The summed E-state index contributed by atoms with van der Waals surface area (Å²) < 4.78 is 0. The van der Waals surface area contributed by atoms with Crippen molar-refractivity contribution in [1.82, 2.24) is 5.32 Å². The van der Waals surface area contributed by atoms with Crippen LogP contribution < -0.4 is 5.32 Å². The normalized spacial score (nSPS) is 19.7. The number of hydrogen-bond acceptors (Lipinski definition) is 2. The molecule has 1 aliphatic rings. The molecule has 1 heterocycles. The van der Waals surface area contributed by atoms with E-state index in [1.165, 1.54) is 18.4 Å². The Morgan fingerprint density at radius 2 is 2.16 bits per heavy atom. The Labute approximate surface area is 116 Å². The zero-order valence-electron chi connectivity index (χ0n) is 12.3. The molecular formula is C17H25NO. The molecule has 1 unspecified atom stereocenters. The predicted molar refractivity (Wildman–Crippen MR) is 79.9 cm³/mol. The van der Waals surface area contributed by atoms with Crippen molar-refractivity contribution in [3.05, 3.63) is 34.9 Å². The molecule has 1 fully saturated rings. The van der Waals surface area contributed by atoms with Gasteiger partial charge in [-0.05, 0) is 49.4 Å². The molecule has 2 heteroatoms. The summed E-state index contributed by atoms with van der Waals surface area (Å²) in [7, 11) is 0. The summed E-state index contributed by atoms with van der Waals surface area (Å²) in [5, 5.41) is 3.46. The van der Waals surface area contributed by atoms with Gasteiger partial charge in [-0.3, -0.25) is 4.79 Å². The van der Waals surface area contributed by atoms with Crippen LogP contribution in [0.15, 0.2) is 18.2 Å². The molecule has 0 amide bonds. The third-order valence-corrected chi connectivity index (χ3v) is 4.07. The lowest BCUT2D eigenvalue weighted by Crippen LogP contribution is -2.35. The van der Waals surface area contributed by atoms with Crippen LogP contribution in [0.3, 0.4) is 0 Å². The second-order valence-corrected chi connectivity index (χ2v) is 6.00. The second kappa shape index (κ2) is 6.33. The Morgan fingerprint density at radius 3 is 2.79 bits per heavy atom. The van der Waals surface area contributed by atoms with E-state index in [0.29, 0.717) is 24.2 Å². The van der Waals surface area contributed by atoms with Crippen molar-refractivity contribution in [2.24, 2.45) is 0 Å². The van der Waals surface area contributed by atoms with Gasteiger partial charge in [0.25, 0.3) is 0 Å². The lowest BCUT2D eigenvalue weighted by Gasteiger charge is -2.23. The van der Waals surface area contributed by atoms with Crippen LogP contribution in [0.4, 0.5) is 0 Å². The largest absolute Gasteiger partial charge is 0.314 e. The second-order valence-electron chi connectivity index (χ2n) is 6.00. The fourth-order valence-electron chi connectivity index (χ4n) is 2.73. The Balaban J connectivity index is 2.11. The average molecular weight is 259 g/mol. The van der Waals surface area contributed by atoms with E-state index in [4.69, 9.17) is 0 Å². The Bertz CT molecular complexity index is 445. The highest BCUT2D eigenvalue weighted by Crippen LogP contribution is 2.21. The van der Waals surface area contributed by atoms with E-state index in [2.05, 4.69) is 37.4 Å². The molecule has 0 saturated carbocycles. The molecule has 1 aromatic carbocycles. The zero-order valence-corrected chi connectivity index (χ0v) is 12.3. The third-order valence-electron chi connectivity index (χ3n) is 4.07. The Kier molecular flexibility index (Phi) is 4.76. The van der Waals surface area contributed by atoms with Crippen LogP contribution in [0, 0.1) is 6.92 Å². The van der Waals surface area contributed by atoms with Gasteiger partial charge in [-0.1, -0.05) is 32.4 Å². The number of aryl methyl sites for hydroxylation is 1. The van der Waals surface area contributed by atoms with Crippen LogP contribution >= 0.6 is 0 Å². The summed E-state index contributed by atoms with van der Waals surface area (Å²) in [5.41, 5.74) is 3.27. The number of piperidine rings is 1. The van der Waals surface area contributed by atoms with Crippen LogP contribution in [0.1, 0.15) is 66.9 Å². The maximum absolute atomic E-state index is 12.5. The molecule has 0 aliphatic carbocycles. The summed E-state index contributed by atoms with van der Waals surface area (Å²) in [4.78, 5) is 12.5. The standard InChI is InChI=1S/C17H25NO/c1-12(2)14-8-7-13(3)16(10-14)17(19)11-15-6-4-5-9-18-15/h7-8,10,12,15,18H,4-6,9,11H2,1-3H3. The molecule has 0 radical (unpaired) electrons. The summed E-state index contributed by atoms with van der Waals surface area (Å²) >= 11 is 0. The van der Waals surface area contributed by atoms with Crippen molar-refractivity contribution >= 4 is 5.78 Å². The summed E-state index contributed by atoms with van der Waals surface area (Å²) in [5.74, 6) is 0.763.